The lowest BCUT2D eigenvalue weighted by molar-refractivity contribution is 0.649. The van der Waals surface area contributed by atoms with Gasteiger partial charge in [0.2, 0.25) is 0 Å². The highest BCUT2D eigenvalue weighted by Gasteiger charge is 2.14. The molecule has 4 nitrogen and oxygen atoms in total. The molecule has 0 bridgehead atoms. The Morgan fingerprint density at radius 2 is 2.11 bits per heavy atom. The zero-order chi connectivity index (χ0) is 13.1. The number of hydrogen-bond donors (Lipinski definition) is 0. The molecule has 1 aromatic carbocycles. The van der Waals surface area contributed by atoms with Crippen LogP contribution in [0, 0.1) is 11.3 Å². The summed E-state index contributed by atoms with van der Waals surface area (Å²) in [6.07, 6.45) is 0. The highest BCUT2D eigenvalue weighted by Crippen LogP contribution is 2.24. The van der Waals surface area contributed by atoms with Gasteiger partial charge in [-0.05, 0) is 19.1 Å². The molecule has 0 aliphatic carbocycles. The van der Waals surface area contributed by atoms with Crippen molar-refractivity contribution in [2.45, 2.75) is 13.5 Å². The van der Waals surface area contributed by atoms with Crippen LogP contribution in [0.4, 0.5) is 0 Å². The zero-order valence-electron chi connectivity index (χ0n) is 9.89. The van der Waals surface area contributed by atoms with Crippen LogP contribution in [0.25, 0.3) is 11.3 Å². The first-order valence-corrected chi connectivity index (χ1v) is 5.73. The van der Waals surface area contributed by atoms with E-state index in [0.29, 0.717) is 23.0 Å². The van der Waals surface area contributed by atoms with Crippen molar-refractivity contribution < 1.29 is 0 Å². The molecule has 2 rings (SSSR count). The van der Waals surface area contributed by atoms with Crippen molar-refractivity contribution in [1.82, 2.24) is 15.0 Å². The minimum absolute atomic E-state index is 0.304. The topological polar surface area (TPSA) is 54.5 Å². The van der Waals surface area contributed by atoms with Crippen LogP contribution in [0.3, 0.4) is 0 Å². The smallest absolute Gasteiger partial charge is 0.190 e. The molecule has 0 fully saturated rings. The lowest BCUT2D eigenvalue weighted by atomic mass is 10.1. The largest absolute Gasteiger partial charge is 0.239 e. The first-order valence-electron chi connectivity index (χ1n) is 5.35. The number of hydrogen-bond acceptors (Lipinski definition) is 3. The fourth-order valence-corrected chi connectivity index (χ4v) is 1.77. The summed E-state index contributed by atoms with van der Waals surface area (Å²) in [6, 6.07) is 9.28. The Bertz CT molecular complexity index is 619. The van der Waals surface area contributed by atoms with Crippen LogP contribution in [-0.2, 0) is 6.54 Å². The van der Waals surface area contributed by atoms with E-state index in [2.05, 4.69) is 16.9 Å². The van der Waals surface area contributed by atoms with Gasteiger partial charge < -0.3 is 0 Å². The highest BCUT2D eigenvalue weighted by atomic mass is 35.5. The highest BCUT2D eigenvalue weighted by molar-refractivity contribution is 6.30. The van der Waals surface area contributed by atoms with Gasteiger partial charge in [0.25, 0.3) is 0 Å². The van der Waals surface area contributed by atoms with Crippen molar-refractivity contribution in [2.24, 2.45) is 0 Å². The maximum Gasteiger partial charge on any atom is 0.190 e. The third-order valence-corrected chi connectivity index (χ3v) is 2.63. The summed E-state index contributed by atoms with van der Waals surface area (Å²) in [5, 5.41) is 17.6. The third-order valence-electron chi connectivity index (χ3n) is 2.38. The fourth-order valence-electron chi connectivity index (χ4n) is 1.65. The number of rotatable bonds is 3. The molecule has 1 heterocycles. The quantitative estimate of drug-likeness (QED) is 0.795. The number of nitrogens with zero attached hydrogens (tertiary/aromatic N) is 4. The molecule has 1 aromatic heterocycles. The molecule has 0 radical (unpaired) electrons. The number of nitriles is 1. The van der Waals surface area contributed by atoms with E-state index in [-0.39, 0.29) is 0 Å². The van der Waals surface area contributed by atoms with E-state index in [4.69, 9.17) is 16.9 Å². The fraction of sp³-hybridized carbons (Fsp3) is 0.154. The third kappa shape index (κ3) is 2.41. The lowest BCUT2D eigenvalue weighted by Crippen LogP contribution is -2.03. The van der Waals surface area contributed by atoms with Gasteiger partial charge in [-0.15, -0.1) is 5.10 Å². The zero-order valence-corrected chi connectivity index (χ0v) is 10.6. The van der Waals surface area contributed by atoms with Crippen molar-refractivity contribution in [3.63, 3.8) is 0 Å². The van der Waals surface area contributed by atoms with E-state index >= 15 is 0 Å². The average Bonchev–Trinajstić information content (AvgIpc) is 2.72. The number of allylic oxidation sites excluding steroid dienone is 1. The van der Waals surface area contributed by atoms with Gasteiger partial charge in [-0.2, -0.15) is 5.26 Å². The molecule has 0 amide bonds. The van der Waals surface area contributed by atoms with Crippen LogP contribution >= 0.6 is 11.6 Å². The molecular formula is C13H11ClN4. The first-order chi connectivity index (χ1) is 8.61. The SMILES string of the molecule is C=C(C)Cn1nnc(C#N)c1-c1ccc(Cl)cc1. The van der Waals surface area contributed by atoms with E-state index < -0.39 is 0 Å². The van der Waals surface area contributed by atoms with Gasteiger partial charge in [0.15, 0.2) is 5.69 Å². The maximum absolute atomic E-state index is 9.07. The molecule has 0 saturated carbocycles. The Balaban J connectivity index is 2.54. The van der Waals surface area contributed by atoms with Crippen molar-refractivity contribution in [1.29, 1.82) is 5.26 Å². The average molecular weight is 259 g/mol. The Morgan fingerprint density at radius 1 is 1.44 bits per heavy atom. The predicted octanol–water partition coefficient (Wildman–Crippen LogP) is 3.05. The number of halogens is 1. The van der Waals surface area contributed by atoms with Crippen LogP contribution in [0.2, 0.25) is 5.02 Å². The van der Waals surface area contributed by atoms with Gasteiger partial charge in [0.05, 0.1) is 6.54 Å². The van der Waals surface area contributed by atoms with E-state index in [1.807, 2.05) is 25.1 Å². The molecule has 0 saturated heterocycles. The van der Waals surface area contributed by atoms with E-state index in [1.165, 1.54) is 0 Å². The Kier molecular flexibility index (Phi) is 3.45. The molecule has 2 aromatic rings. The van der Waals surface area contributed by atoms with E-state index in [1.54, 1.807) is 16.8 Å². The molecule has 0 aliphatic rings. The second-order valence-corrected chi connectivity index (χ2v) is 4.46. The van der Waals surface area contributed by atoms with Crippen LogP contribution in [-0.4, -0.2) is 15.0 Å². The van der Waals surface area contributed by atoms with Gasteiger partial charge in [-0.1, -0.05) is 41.1 Å². The van der Waals surface area contributed by atoms with Gasteiger partial charge in [-0.3, -0.25) is 0 Å². The molecule has 18 heavy (non-hydrogen) atoms. The Hall–Kier alpha value is -2.12. The Labute approximate surface area is 110 Å². The summed E-state index contributed by atoms with van der Waals surface area (Å²) in [5.74, 6) is 0. The predicted molar refractivity (Wildman–Crippen MR) is 70.0 cm³/mol. The Morgan fingerprint density at radius 3 is 2.67 bits per heavy atom. The van der Waals surface area contributed by atoms with E-state index in [9.17, 15) is 0 Å². The second kappa shape index (κ2) is 5.03. The maximum atomic E-state index is 9.07. The monoisotopic (exact) mass is 258 g/mol. The number of benzene rings is 1. The summed E-state index contributed by atoms with van der Waals surface area (Å²) in [5.41, 5.74) is 2.80. The molecule has 0 aliphatic heterocycles. The number of aromatic nitrogens is 3. The standard InChI is InChI=1S/C13H11ClN4/c1-9(2)8-18-13(12(7-15)16-17-18)10-3-5-11(14)6-4-10/h3-6H,1,8H2,2H3. The molecular weight excluding hydrogens is 248 g/mol. The van der Waals surface area contributed by atoms with Crippen LogP contribution < -0.4 is 0 Å². The molecule has 0 atom stereocenters. The minimum atomic E-state index is 0.304. The van der Waals surface area contributed by atoms with Crippen LogP contribution in [0.1, 0.15) is 12.6 Å². The van der Waals surface area contributed by atoms with Crippen molar-refractivity contribution >= 4 is 11.6 Å². The molecule has 90 valence electrons. The van der Waals surface area contributed by atoms with Gasteiger partial charge in [-0.25, -0.2) is 4.68 Å². The van der Waals surface area contributed by atoms with Gasteiger partial charge >= 0.3 is 0 Å². The summed E-state index contributed by atoms with van der Waals surface area (Å²) < 4.78 is 1.67. The van der Waals surface area contributed by atoms with Crippen molar-refractivity contribution in [3.8, 4) is 17.3 Å². The van der Waals surface area contributed by atoms with E-state index in [0.717, 1.165) is 11.1 Å². The molecule has 0 N–H and O–H groups in total. The molecule has 0 spiro atoms. The van der Waals surface area contributed by atoms with Gasteiger partial charge in [0.1, 0.15) is 11.8 Å². The molecule has 5 heteroatoms. The van der Waals surface area contributed by atoms with Gasteiger partial charge in [0, 0.05) is 10.6 Å². The summed E-state index contributed by atoms with van der Waals surface area (Å²) >= 11 is 5.85. The van der Waals surface area contributed by atoms with Crippen LogP contribution in [0.15, 0.2) is 36.4 Å². The minimum Gasteiger partial charge on any atom is -0.239 e. The second-order valence-electron chi connectivity index (χ2n) is 4.02. The summed E-state index contributed by atoms with van der Waals surface area (Å²) in [7, 11) is 0. The van der Waals surface area contributed by atoms with Crippen molar-refractivity contribution in [3.05, 3.63) is 47.1 Å². The summed E-state index contributed by atoms with van der Waals surface area (Å²) in [4.78, 5) is 0. The first kappa shape index (κ1) is 12.3. The molecule has 0 unspecified atom stereocenters. The lowest BCUT2D eigenvalue weighted by Gasteiger charge is -2.06. The summed E-state index contributed by atoms with van der Waals surface area (Å²) in [6.45, 7) is 6.28. The normalized spacial score (nSPS) is 10.1. The van der Waals surface area contributed by atoms with Crippen LogP contribution in [0.5, 0.6) is 0 Å². The van der Waals surface area contributed by atoms with Crippen molar-refractivity contribution in [2.75, 3.05) is 0 Å².